The Labute approximate surface area is 91.4 Å². The van der Waals surface area contributed by atoms with Crippen LogP contribution in [0.4, 0.5) is 0 Å². The molecule has 0 bridgehead atoms. The van der Waals surface area contributed by atoms with E-state index in [4.69, 9.17) is 11.6 Å². The average molecular weight is 243 g/mol. The van der Waals surface area contributed by atoms with Crippen molar-refractivity contribution < 1.29 is 13.5 Å². The fourth-order valence-corrected chi connectivity index (χ4v) is 2.19. The SMILES string of the molecule is CCS(=O)(=O)CCCC(O)CCCCl. The van der Waals surface area contributed by atoms with Gasteiger partial charge in [0.25, 0.3) is 0 Å². The molecule has 1 N–H and O–H groups in total. The Hall–Kier alpha value is 0.200. The highest BCUT2D eigenvalue weighted by Crippen LogP contribution is 2.07. The van der Waals surface area contributed by atoms with Gasteiger partial charge in [0.05, 0.1) is 11.9 Å². The van der Waals surface area contributed by atoms with E-state index in [0.29, 0.717) is 25.1 Å². The number of hydrogen-bond acceptors (Lipinski definition) is 3. The fourth-order valence-electron chi connectivity index (χ4n) is 1.14. The van der Waals surface area contributed by atoms with Gasteiger partial charge in [-0.05, 0) is 25.7 Å². The van der Waals surface area contributed by atoms with Gasteiger partial charge in [0.2, 0.25) is 0 Å². The van der Waals surface area contributed by atoms with E-state index in [-0.39, 0.29) is 11.5 Å². The Bertz CT molecular complexity index is 226. The number of aliphatic hydroxyl groups excluding tert-OH is 1. The van der Waals surface area contributed by atoms with Crippen LogP contribution in [0.5, 0.6) is 0 Å². The summed E-state index contributed by atoms with van der Waals surface area (Å²) in [7, 11) is -2.87. The van der Waals surface area contributed by atoms with Gasteiger partial charge in [-0.2, -0.15) is 0 Å². The molecule has 0 radical (unpaired) electrons. The second-order valence-corrected chi connectivity index (χ2v) is 6.21. The highest BCUT2D eigenvalue weighted by Gasteiger charge is 2.09. The van der Waals surface area contributed by atoms with Crippen LogP contribution in [0, 0.1) is 0 Å². The molecule has 5 heteroatoms. The average Bonchev–Trinajstić information content (AvgIpc) is 2.14. The molecule has 0 saturated carbocycles. The lowest BCUT2D eigenvalue weighted by molar-refractivity contribution is 0.153. The summed E-state index contributed by atoms with van der Waals surface area (Å²) in [6, 6.07) is 0. The molecule has 0 saturated heterocycles. The zero-order chi connectivity index (χ0) is 11.0. The Morgan fingerprint density at radius 1 is 1.29 bits per heavy atom. The third-order valence-corrected chi connectivity index (χ3v) is 4.16. The number of sulfone groups is 1. The molecule has 14 heavy (non-hydrogen) atoms. The van der Waals surface area contributed by atoms with Crippen LogP contribution >= 0.6 is 11.6 Å². The molecule has 1 atom stereocenters. The van der Waals surface area contributed by atoms with Crippen LogP contribution in [0.2, 0.25) is 0 Å². The van der Waals surface area contributed by atoms with Gasteiger partial charge in [-0.1, -0.05) is 6.92 Å². The van der Waals surface area contributed by atoms with Gasteiger partial charge in [0, 0.05) is 11.6 Å². The van der Waals surface area contributed by atoms with E-state index in [1.54, 1.807) is 6.92 Å². The van der Waals surface area contributed by atoms with Crippen molar-refractivity contribution in [3.05, 3.63) is 0 Å². The highest BCUT2D eigenvalue weighted by atomic mass is 35.5. The van der Waals surface area contributed by atoms with Gasteiger partial charge in [-0.15, -0.1) is 11.6 Å². The topological polar surface area (TPSA) is 54.4 Å². The van der Waals surface area contributed by atoms with Crippen LogP contribution in [0.15, 0.2) is 0 Å². The van der Waals surface area contributed by atoms with E-state index in [2.05, 4.69) is 0 Å². The molecule has 86 valence electrons. The molecule has 1 unspecified atom stereocenters. The second kappa shape index (κ2) is 7.49. The first-order valence-corrected chi connectivity index (χ1v) is 7.32. The van der Waals surface area contributed by atoms with Crippen LogP contribution in [0.1, 0.15) is 32.6 Å². The van der Waals surface area contributed by atoms with Crippen molar-refractivity contribution in [2.45, 2.75) is 38.7 Å². The summed E-state index contributed by atoms with van der Waals surface area (Å²) in [4.78, 5) is 0. The number of aliphatic hydroxyl groups is 1. The number of rotatable bonds is 8. The van der Waals surface area contributed by atoms with Gasteiger partial charge in [-0.25, -0.2) is 8.42 Å². The largest absolute Gasteiger partial charge is 0.393 e. The molecule has 0 amide bonds. The third-order valence-electron chi connectivity index (χ3n) is 2.10. The van der Waals surface area contributed by atoms with E-state index >= 15 is 0 Å². The van der Waals surface area contributed by atoms with E-state index in [0.717, 1.165) is 6.42 Å². The minimum atomic E-state index is -2.87. The molecule has 0 fully saturated rings. The monoisotopic (exact) mass is 242 g/mol. The standard InChI is InChI=1S/C9H19ClO3S/c1-2-14(12,13)8-4-6-9(11)5-3-7-10/h9,11H,2-8H2,1H3. The molecule has 0 aliphatic carbocycles. The maximum atomic E-state index is 11.1. The van der Waals surface area contributed by atoms with Crippen molar-refractivity contribution in [1.82, 2.24) is 0 Å². The van der Waals surface area contributed by atoms with Crippen molar-refractivity contribution in [1.29, 1.82) is 0 Å². The maximum absolute atomic E-state index is 11.1. The van der Waals surface area contributed by atoms with Crippen molar-refractivity contribution >= 4 is 21.4 Å². The second-order valence-electron chi connectivity index (χ2n) is 3.36. The van der Waals surface area contributed by atoms with E-state index in [9.17, 15) is 13.5 Å². The normalized spacial score (nSPS) is 14.2. The number of halogens is 1. The summed E-state index contributed by atoms with van der Waals surface area (Å²) >= 11 is 5.47. The first-order valence-electron chi connectivity index (χ1n) is 4.96. The van der Waals surface area contributed by atoms with Gasteiger partial charge < -0.3 is 5.11 Å². The van der Waals surface area contributed by atoms with Gasteiger partial charge >= 0.3 is 0 Å². The minimum Gasteiger partial charge on any atom is -0.393 e. The van der Waals surface area contributed by atoms with E-state index in [1.807, 2.05) is 0 Å². The molecule has 0 rings (SSSR count). The lowest BCUT2D eigenvalue weighted by Gasteiger charge is -2.08. The van der Waals surface area contributed by atoms with Crippen LogP contribution < -0.4 is 0 Å². The molecule has 0 aliphatic rings. The lowest BCUT2D eigenvalue weighted by atomic mass is 10.1. The highest BCUT2D eigenvalue weighted by molar-refractivity contribution is 7.91. The van der Waals surface area contributed by atoms with Gasteiger partial charge in [0.1, 0.15) is 9.84 Å². The number of hydrogen-bond donors (Lipinski definition) is 1. The quantitative estimate of drug-likeness (QED) is 0.658. The zero-order valence-corrected chi connectivity index (χ0v) is 10.1. The molecular formula is C9H19ClO3S. The summed E-state index contributed by atoms with van der Waals surface area (Å²) in [6.45, 7) is 1.64. The van der Waals surface area contributed by atoms with Crippen LogP contribution in [-0.4, -0.2) is 37.0 Å². The molecule has 0 heterocycles. The predicted octanol–water partition coefficient (Wildman–Crippen LogP) is 1.58. The minimum absolute atomic E-state index is 0.182. The predicted molar refractivity (Wildman–Crippen MR) is 59.5 cm³/mol. The fraction of sp³-hybridized carbons (Fsp3) is 1.00. The Morgan fingerprint density at radius 3 is 2.36 bits per heavy atom. The summed E-state index contributed by atoms with van der Waals surface area (Å²) in [5.41, 5.74) is 0. The first-order chi connectivity index (χ1) is 6.52. The molecular weight excluding hydrogens is 224 g/mol. The van der Waals surface area contributed by atoms with Crippen molar-refractivity contribution in [3.63, 3.8) is 0 Å². The smallest absolute Gasteiger partial charge is 0.150 e. The molecule has 3 nitrogen and oxygen atoms in total. The number of alkyl halides is 1. The van der Waals surface area contributed by atoms with Crippen LogP contribution in [0.25, 0.3) is 0 Å². The Morgan fingerprint density at radius 2 is 1.86 bits per heavy atom. The lowest BCUT2D eigenvalue weighted by Crippen LogP contribution is -2.13. The van der Waals surface area contributed by atoms with Crippen LogP contribution in [0.3, 0.4) is 0 Å². The van der Waals surface area contributed by atoms with E-state index < -0.39 is 15.9 Å². The molecule has 0 aromatic rings. The molecule has 0 aromatic heterocycles. The molecule has 0 spiro atoms. The van der Waals surface area contributed by atoms with Gasteiger partial charge in [0.15, 0.2) is 0 Å². The third kappa shape index (κ3) is 7.59. The summed E-state index contributed by atoms with van der Waals surface area (Å²) in [5.74, 6) is 0.913. The summed E-state index contributed by atoms with van der Waals surface area (Å²) < 4.78 is 22.2. The van der Waals surface area contributed by atoms with Crippen molar-refractivity contribution in [2.75, 3.05) is 17.4 Å². The van der Waals surface area contributed by atoms with E-state index in [1.165, 1.54) is 0 Å². The maximum Gasteiger partial charge on any atom is 0.150 e. The zero-order valence-electron chi connectivity index (χ0n) is 8.58. The first kappa shape index (κ1) is 14.2. The Balaban J connectivity index is 3.54. The van der Waals surface area contributed by atoms with Crippen molar-refractivity contribution in [2.24, 2.45) is 0 Å². The Kier molecular flexibility index (Phi) is 7.59. The summed E-state index contributed by atoms with van der Waals surface area (Å²) in [6.07, 6.45) is 2.13. The molecule has 0 aromatic carbocycles. The van der Waals surface area contributed by atoms with Crippen LogP contribution in [-0.2, 0) is 9.84 Å². The van der Waals surface area contributed by atoms with Crippen molar-refractivity contribution in [3.8, 4) is 0 Å². The van der Waals surface area contributed by atoms with Gasteiger partial charge in [-0.3, -0.25) is 0 Å². The molecule has 0 aliphatic heterocycles. The summed E-state index contributed by atoms with van der Waals surface area (Å²) in [5, 5.41) is 9.40.